The summed E-state index contributed by atoms with van der Waals surface area (Å²) in [6.07, 6.45) is 2.35. The fourth-order valence-corrected chi connectivity index (χ4v) is 2.84. The van der Waals surface area contributed by atoms with Crippen molar-refractivity contribution >= 4 is 11.7 Å². The Balaban J connectivity index is 1.42. The van der Waals surface area contributed by atoms with E-state index in [0.29, 0.717) is 41.8 Å². The quantitative estimate of drug-likeness (QED) is 0.652. The number of aryl methyl sites for hydroxylation is 1. The number of amides is 1. The fraction of sp³-hybridized carbons (Fsp3) is 0.300. The molecule has 7 nitrogen and oxygen atoms in total. The maximum atomic E-state index is 13.5. The van der Waals surface area contributed by atoms with Crippen LogP contribution in [0.3, 0.4) is 0 Å². The predicted octanol–water partition coefficient (Wildman–Crippen LogP) is 3.33. The number of nitrogens with zero attached hydrogens (tertiary/aromatic N) is 3. The van der Waals surface area contributed by atoms with Gasteiger partial charge in [-0.1, -0.05) is 17.3 Å². The summed E-state index contributed by atoms with van der Waals surface area (Å²) in [5.41, 5.74) is 2.31. The summed E-state index contributed by atoms with van der Waals surface area (Å²) in [5, 5.41) is 18.1. The van der Waals surface area contributed by atoms with Crippen molar-refractivity contribution in [1.82, 2.24) is 20.7 Å². The maximum Gasteiger partial charge on any atom is 0.271 e. The molecule has 3 aromatic rings. The molecule has 1 fully saturated rings. The molecule has 0 saturated heterocycles. The van der Waals surface area contributed by atoms with Gasteiger partial charge in [0.05, 0.1) is 0 Å². The summed E-state index contributed by atoms with van der Waals surface area (Å²) in [4.78, 5) is 12.0. The first-order valence-corrected chi connectivity index (χ1v) is 9.17. The predicted molar refractivity (Wildman–Crippen MR) is 101 cm³/mol. The third-order valence-electron chi connectivity index (χ3n) is 4.67. The van der Waals surface area contributed by atoms with Crippen molar-refractivity contribution in [2.24, 2.45) is 5.92 Å². The van der Waals surface area contributed by atoms with Gasteiger partial charge in [-0.3, -0.25) is 4.79 Å². The molecule has 1 aromatic carbocycles. The van der Waals surface area contributed by atoms with Crippen molar-refractivity contribution in [1.29, 1.82) is 0 Å². The van der Waals surface area contributed by atoms with E-state index < -0.39 is 0 Å². The topological polar surface area (TPSA) is 92.9 Å². The van der Waals surface area contributed by atoms with E-state index in [1.165, 1.54) is 25.0 Å². The largest absolute Gasteiger partial charge is 0.364 e. The normalized spacial score (nSPS) is 13.4. The molecule has 2 aromatic heterocycles. The maximum absolute atomic E-state index is 13.5. The number of carbonyl (C=O) groups is 1. The summed E-state index contributed by atoms with van der Waals surface area (Å²) in [6.45, 7) is 2.87. The van der Waals surface area contributed by atoms with E-state index in [-0.39, 0.29) is 17.4 Å². The fourth-order valence-electron chi connectivity index (χ4n) is 2.84. The third-order valence-corrected chi connectivity index (χ3v) is 4.67. The van der Waals surface area contributed by atoms with Gasteiger partial charge in [0.1, 0.15) is 23.1 Å². The van der Waals surface area contributed by atoms with E-state index in [0.717, 1.165) is 5.56 Å². The highest BCUT2D eigenvalue weighted by atomic mass is 19.1. The lowest BCUT2D eigenvalue weighted by atomic mass is 10.1. The molecule has 8 heteroatoms. The van der Waals surface area contributed by atoms with E-state index in [1.54, 1.807) is 31.2 Å². The van der Waals surface area contributed by atoms with E-state index >= 15 is 0 Å². The second kappa shape index (κ2) is 7.75. The zero-order valence-electron chi connectivity index (χ0n) is 15.4. The van der Waals surface area contributed by atoms with Gasteiger partial charge in [0, 0.05) is 24.2 Å². The van der Waals surface area contributed by atoms with Gasteiger partial charge in [-0.25, -0.2) is 4.39 Å². The van der Waals surface area contributed by atoms with Gasteiger partial charge in [-0.15, -0.1) is 10.2 Å². The van der Waals surface area contributed by atoms with Gasteiger partial charge >= 0.3 is 0 Å². The number of carbonyl (C=O) groups excluding carboxylic acids is 1. The molecule has 1 saturated carbocycles. The molecule has 0 spiro atoms. The Labute approximate surface area is 161 Å². The zero-order chi connectivity index (χ0) is 19.5. The molecule has 144 valence electrons. The Bertz CT molecular complexity index is 983. The molecule has 0 atom stereocenters. The minimum atomic E-state index is -0.335. The lowest BCUT2D eigenvalue weighted by molar-refractivity contribution is 0.0946. The van der Waals surface area contributed by atoms with Crippen molar-refractivity contribution in [2.45, 2.75) is 26.3 Å². The Morgan fingerprint density at radius 1 is 1.25 bits per heavy atom. The average molecular weight is 381 g/mol. The Hall–Kier alpha value is -3.29. The highest BCUT2D eigenvalue weighted by Gasteiger charge is 2.22. The summed E-state index contributed by atoms with van der Waals surface area (Å²) in [7, 11) is 0. The highest BCUT2D eigenvalue weighted by Crippen LogP contribution is 2.28. The first kappa shape index (κ1) is 18.1. The summed E-state index contributed by atoms with van der Waals surface area (Å²) in [5.74, 6) is 1.21. The van der Waals surface area contributed by atoms with Crippen molar-refractivity contribution in [3.8, 4) is 11.3 Å². The lowest BCUT2D eigenvalue weighted by Gasteiger charge is -2.07. The van der Waals surface area contributed by atoms with Crippen LogP contribution >= 0.6 is 0 Å². The third kappa shape index (κ3) is 4.16. The van der Waals surface area contributed by atoms with Crippen LogP contribution in [0.5, 0.6) is 0 Å². The van der Waals surface area contributed by atoms with Crippen LogP contribution in [0.15, 0.2) is 40.9 Å². The number of rotatable bonds is 7. The van der Waals surface area contributed by atoms with Crippen LogP contribution in [-0.4, -0.2) is 27.8 Å². The first-order valence-electron chi connectivity index (χ1n) is 9.17. The van der Waals surface area contributed by atoms with Gasteiger partial charge in [0.15, 0.2) is 5.69 Å². The number of anilines is 1. The highest BCUT2D eigenvalue weighted by molar-refractivity contribution is 5.92. The Morgan fingerprint density at radius 3 is 2.82 bits per heavy atom. The molecule has 0 aliphatic heterocycles. The first-order chi connectivity index (χ1) is 13.6. The molecule has 28 heavy (non-hydrogen) atoms. The van der Waals surface area contributed by atoms with Crippen LogP contribution in [0.2, 0.25) is 0 Å². The molecule has 1 amide bonds. The second-order valence-electron chi connectivity index (χ2n) is 6.89. The van der Waals surface area contributed by atoms with Gasteiger partial charge in [-0.05, 0) is 49.9 Å². The number of nitrogens with one attached hydrogen (secondary N) is 2. The number of hydrogen-bond acceptors (Lipinski definition) is 6. The number of benzene rings is 1. The monoisotopic (exact) mass is 381 g/mol. The van der Waals surface area contributed by atoms with Crippen molar-refractivity contribution in [2.75, 3.05) is 11.9 Å². The average Bonchev–Trinajstić information content (AvgIpc) is 3.46. The van der Waals surface area contributed by atoms with E-state index in [9.17, 15) is 9.18 Å². The molecule has 2 heterocycles. The number of aromatic nitrogens is 3. The lowest BCUT2D eigenvalue weighted by Crippen LogP contribution is -2.26. The summed E-state index contributed by atoms with van der Waals surface area (Å²) in [6, 6.07) is 9.53. The molecular weight excluding hydrogens is 361 g/mol. The van der Waals surface area contributed by atoms with Crippen LogP contribution in [0.1, 0.15) is 34.7 Å². The molecule has 0 bridgehead atoms. The van der Waals surface area contributed by atoms with E-state index in [4.69, 9.17) is 4.52 Å². The summed E-state index contributed by atoms with van der Waals surface area (Å²) >= 11 is 0. The van der Waals surface area contributed by atoms with E-state index in [1.807, 2.05) is 0 Å². The van der Waals surface area contributed by atoms with E-state index in [2.05, 4.69) is 26.0 Å². The van der Waals surface area contributed by atoms with Crippen molar-refractivity contribution < 1.29 is 13.7 Å². The Morgan fingerprint density at radius 2 is 2.11 bits per heavy atom. The number of halogens is 1. The Kier molecular flexibility index (Phi) is 5.01. The van der Waals surface area contributed by atoms with Gasteiger partial charge in [0.2, 0.25) is 0 Å². The van der Waals surface area contributed by atoms with Crippen LogP contribution < -0.4 is 10.6 Å². The molecule has 4 rings (SSSR count). The van der Waals surface area contributed by atoms with Crippen LogP contribution in [0, 0.1) is 18.7 Å². The van der Waals surface area contributed by atoms with Crippen molar-refractivity contribution in [3.63, 3.8) is 0 Å². The van der Waals surface area contributed by atoms with Gasteiger partial charge < -0.3 is 15.2 Å². The van der Waals surface area contributed by atoms with Gasteiger partial charge in [-0.2, -0.15) is 0 Å². The zero-order valence-corrected chi connectivity index (χ0v) is 15.4. The smallest absolute Gasteiger partial charge is 0.271 e. The molecule has 2 N–H and O–H groups in total. The minimum Gasteiger partial charge on any atom is -0.364 e. The molecule has 0 radical (unpaired) electrons. The second-order valence-corrected chi connectivity index (χ2v) is 6.89. The molecule has 0 unspecified atom stereocenters. The van der Waals surface area contributed by atoms with Crippen LogP contribution in [0.25, 0.3) is 11.3 Å². The molecular formula is C20H20FN5O2. The summed E-state index contributed by atoms with van der Waals surface area (Å²) < 4.78 is 18.8. The number of hydrogen-bond donors (Lipinski definition) is 2. The van der Waals surface area contributed by atoms with Gasteiger partial charge in [0.25, 0.3) is 5.91 Å². The standard InChI is InChI=1S/C20H20FN5O2/c1-12-16(19(26-28-12)14-3-2-4-15(21)9-14)11-22-18-8-7-17(24-25-18)20(27)23-10-13-5-6-13/h2-4,7-9,13H,5-6,10-11H2,1H3,(H,22,25)(H,23,27). The minimum absolute atomic E-state index is 0.214. The molecule has 1 aliphatic carbocycles. The molecule has 1 aliphatic rings. The SMILES string of the molecule is Cc1onc(-c2cccc(F)c2)c1CNc1ccc(C(=O)NCC2CC2)nn1. The van der Waals surface area contributed by atoms with Crippen molar-refractivity contribution in [3.05, 3.63) is 59.2 Å². The van der Waals surface area contributed by atoms with Crippen LogP contribution in [-0.2, 0) is 6.54 Å². The van der Waals surface area contributed by atoms with Crippen LogP contribution in [0.4, 0.5) is 10.2 Å².